The zero-order valence-electron chi connectivity index (χ0n) is 17.6. The zero-order chi connectivity index (χ0) is 20.6. The van der Waals surface area contributed by atoms with Crippen LogP contribution in [-0.4, -0.2) is 33.0 Å². The van der Waals surface area contributed by atoms with Crippen molar-refractivity contribution in [3.8, 4) is 0 Å². The van der Waals surface area contributed by atoms with Crippen LogP contribution in [0, 0.1) is 0 Å². The monoisotopic (exact) mass is 444 g/mol. The minimum Gasteiger partial charge on any atom is -0.355 e. The van der Waals surface area contributed by atoms with E-state index in [4.69, 9.17) is 0 Å². The van der Waals surface area contributed by atoms with Gasteiger partial charge in [-0.2, -0.15) is 0 Å². The van der Waals surface area contributed by atoms with E-state index in [0.29, 0.717) is 11.8 Å². The number of nitrogens with zero attached hydrogens (tertiary/aromatic N) is 3. The fraction of sp³-hybridized carbons (Fsp3) is 0.609. The van der Waals surface area contributed by atoms with Gasteiger partial charge in [-0.25, -0.2) is 0 Å². The molecule has 2 aliphatic carbocycles. The Morgan fingerprint density at radius 1 is 1.20 bits per heavy atom. The number of allylic oxidation sites excluding steroid dienone is 1. The standard InChI is InChI=1S/C23H32N4OS2/c28-22(24-14-13-18-8-3-1-4-9-18)17-30-23-26-25-21(16-20-12-7-15-29-20)27(23)19-10-5-2-6-11-19/h7-8,12,15,19H,1-6,9-11,13-14,16-17H2,(H,24,28). The highest BCUT2D eigenvalue weighted by molar-refractivity contribution is 7.99. The van der Waals surface area contributed by atoms with Crippen LogP contribution in [0.4, 0.5) is 0 Å². The molecule has 0 atom stereocenters. The molecule has 4 rings (SSSR count). The molecule has 2 aromatic heterocycles. The molecule has 162 valence electrons. The van der Waals surface area contributed by atoms with E-state index in [-0.39, 0.29) is 5.91 Å². The summed E-state index contributed by atoms with van der Waals surface area (Å²) in [7, 11) is 0. The van der Waals surface area contributed by atoms with Crippen LogP contribution in [-0.2, 0) is 11.2 Å². The van der Waals surface area contributed by atoms with Gasteiger partial charge >= 0.3 is 0 Å². The molecule has 1 saturated carbocycles. The molecule has 1 fully saturated rings. The number of carbonyl (C=O) groups excluding carboxylic acids is 1. The van der Waals surface area contributed by atoms with E-state index < -0.39 is 0 Å². The zero-order valence-corrected chi connectivity index (χ0v) is 19.3. The highest BCUT2D eigenvalue weighted by Gasteiger charge is 2.23. The molecule has 0 aliphatic heterocycles. The Labute approximate surface area is 187 Å². The molecular weight excluding hydrogens is 412 g/mol. The lowest BCUT2D eigenvalue weighted by Crippen LogP contribution is -2.27. The molecule has 0 aromatic carbocycles. The van der Waals surface area contributed by atoms with Gasteiger partial charge in [-0.3, -0.25) is 4.79 Å². The lowest BCUT2D eigenvalue weighted by molar-refractivity contribution is -0.118. The van der Waals surface area contributed by atoms with Crippen molar-refractivity contribution < 1.29 is 4.79 Å². The van der Waals surface area contributed by atoms with Gasteiger partial charge in [0.2, 0.25) is 5.91 Å². The molecule has 2 aromatic rings. The van der Waals surface area contributed by atoms with Crippen LogP contribution in [0.3, 0.4) is 0 Å². The van der Waals surface area contributed by atoms with Crippen molar-refractivity contribution in [1.29, 1.82) is 0 Å². The number of hydrogen-bond acceptors (Lipinski definition) is 5. The maximum atomic E-state index is 12.4. The van der Waals surface area contributed by atoms with E-state index in [0.717, 1.165) is 30.4 Å². The van der Waals surface area contributed by atoms with E-state index in [2.05, 4.69) is 43.7 Å². The molecule has 5 nitrogen and oxygen atoms in total. The number of nitrogens with one attached hydrogen (secondary N) is 1. The van der Waals surface area contributed by atoms with Gasteiger partial charge in [0.1, 0.15) is 5.82 Å². The van der Waals surface area contributed by atoms with Crippen molar-refractivity contribution in [3.63, 3.8) is 0 Å². The average molecular weight is 445 g/mol. The van der Waals surface area contributed by atoms with Crippen molar-refractivity contribution in [2.75, 3.05) is 12.3 Å². The third kappa shape index (κ3) is 5.97. The highest BCUT2D eigenvalue weighted by Crippen LogP contribution is 2.33. The summed E-state index contributed by atoms with van der Waals surface area (Å²) in [4.78, 5) is 13.7. The summed E-state index contributed by atoms with van der Waals surface area (Å²) in [5.74, 6) is 1.54. The lowest BCUT2D eigenvalue weighted by Gasteiger charge is -2.25. The van der Waals surface area contributed by atoms with Gasteiger partial charge < -0.3 is 9.88 Å². The molecule has 7 heteroatoms. The van der Waals surface area contributed by atoms with Crippen molar-refractivity contribution in [1.82, 2.24) is 20.1 Å². The maximum Gasteiger partial charge on any atom is 0.230 e. The van der Waals surface area contributed by atoms with Crippen LogP contribution in [0.2, 0.25) is 0 Å². The number of thioether (sulfide) groups is 1. The lowest BCUT2D eigenvalue weighted by atomic mass is 9.95. The molecule has 1 amide bonds. The number of aromatic nitrogens is 3. The van der Waals surface area contributed by atoms with Crippen molar-refractivity contribution in [2.45, 2.75) is 81.8 Å². The van der Waals surface area contributed by atoms with E-state index in [1.54, 1.807) is 11.3 Å². The summed E-state index contributed by atoms with van der Waals surface area (Å²) in [6, 6.07) is 4.71. The minimum atomic E-state index is 0.0920. The van der Waals surface area contributed by atoms with Gasteiger partial charge in [0, 0.05) is 23.9 Å². The quantitative estimate of drug-likeness (QED) is 0.408. The molecule has 0 bridgehead atoms. The smallest absolute Gasteiger partial charge is 0.230 e. The number of thiophene rings is 1. The van der Waals surface area contributed by atoms with Crippen LogP contribution in [0.25, 0.3) is 0 Å². The molecule has 0 saturated heterocycles. The minimum absolute atomic E-state index is 0.0920. The average Bonchev–Trinajstić information content (AvgIpc) is 3.44. The number of hydrogen-bond donors (Lipinski definition) is 1. The Morgan fingerprint density at radius 2 is 2.10 bits per heavy atom. The van der Waals surface area contributed by atoms with E-state index in [1.807, 2.05) is 0 Å². The Hall–Kier alpha value is -1.60. The topological polar surface area (TPSA) is 59.8 Å². The normalized spacial score (nSPS) is 17.7. The van der Waals surface area contributed by atoms with Crippen LogP contribution in [0.15, 0.2) is 34.3 Å². The largest absolute Gasteiger partial charge is 0.355 e. The first-order valence-corrected chi connectivity index (χ1v) is 13.2. The van der Waals surface area contributed by atoms with Gasteiger partial charge in [-0.05, 0) is 56.4 Å². The SMILES string of the molecule is O=C(CSc1nnc(Cc2cccs2)n1C1CCCCC1)NCCC1=CCCCC1. The van der Waals surface area contributed by atoms with Crippen molar-refractivity contribution in [3.05, 3.63) is 39.9 Å². The predicted octanol–water partition coefficient (Wildman–Crippen LogP) is 5.53. The molecule has 0 spiro atoms. The van der Waals surface area contributed by atoms with Gasteiger partial charge in [0.15, 0.2) is 5.16 Å². The summed E-state index contributed by atoms with van der Waals surface area (Å²) in [6.07, 6.45) is 15.4. The second-order valence-electron chi connectivity index (χ2n) is 8.31. The maximum absolute atomic E-state index is 12.4. The molecule has 0 unspecified atom stereocenters. The van der Waals surface area contributed by atoms with Crippen LogP contribution >= 0.6 is 23.1 Å². The van der Waals surface area contributed by atoms with E-state index in [9.17, 15) is 4.79 Å². The summed E-state index contributed by atoms with van der Waals surface area (Å²) in [5.41, 5.74) is 1.50. The number of rotatable bonds is 9. The fourth-order valence-electron chi connectivity index (χ4n) is 4.48. The van der Waals surface area contributed by atoms with Gasteiger partial charge in [0.25, 0.3) is 0 Å². The van der Waals surface area contributed by atoms with E-state index >= 15 is 0 Å². The van der Waals surface area contributed by atoms with Gasteiger partial charge in [0.05, 0.1) is 5.75 Å². The van der Waals surface area contributed by atoms with Crippen LogP contribution in [0.5, 0.6) is 0 Å². The summed E-state index contributed by atoms with van der Waals surface area (Å²) in [6.45, 7) is 0.740. The van der Waals surface area contributed by atoms with Crippen molar-refractivity contribution >= 4 is 29.0 Å². The Morgan fingerprint density at radius 3 is 2.87 bits per heavy atom. The third-order valence-electron chi connectivity index (χ3n) is 6.07. The molecular formula is C23H32N4OS2. The summed E-state index contributed by atoms with van der Waals surface area (Å²) < 4.78 is 2.34. The first kappa shape index (κ1) is 21.6. The van der Waals surface area contributed by atoms with E-state index in [1.165, 1.54) is 80.0 Å². The highest BCUT2D eigenvalue weighted by atomic mass is 32.2. The summed E-state index contributed by atoms with van der Waals surface area (Å²) in [5, 5.41) is 15.1. The molecule has 0 radical (unpaired) electrons. The predicted molar refractivity (Wildman–Crippen MR) is 124 cm³/mol. The Bertz CT molecular complexity index is 838. The summed E-state index contributed by atoms with van der Waals surface area (Å²) >= 11 is 3.30. The second-order valence-corrected chi connectivity index (χ2v) is 10.3. The van der Waals surface area contributed by atoms with Gasteiger partial charge in [-0.15, -0.1) is 21.5 Å². The Kier molecular flexibility index (Phi) is 8.03. The van der Waals surface area contributed by atoms with Crippen LogP contribution in [0.1, 0.15) is 81.0 Å². The van der Waals surface area contributed by atoms with Crippen LogP contribution < -0.4 is 5.32 Å². The molecule has 2 heterocycles. The van der Waals surface area contributed by atoms with Crippen molar-refractivity contribution in [2.24, 2.45) is 0 Å². The Balaban J connectivity index is 1.34. The number of carbonyl (C=O) groups is 1. The first-order valence-electron chi connectivity index (χ1n) is 11.3. The molecule has 30 heavy (non-hydrogen) atoms. The van der Waals surface area contributed by atoms with Gasteiger partial charge in [-0.1, -0.05) is 48.7 Å². The molecule has 1 N–H and O–H groups in total. The first-order chi connectivity index (χ1) is 14.8. The fourth-order valence-corrected chi connectivity index (χ4v) is 6.03. The second kappa shape index (κ2) is 11.1. The number of amides is 1. The molecule has 2 aliphatic rings. The third-order valence-corrected chi connectivity index (χ3v) is 7.89.